The Bertz CT molecular complexity index is 558. The molecule has 116 valence electrons. The summed E-state index contributed by atoms with van der Waals surface area (Å²) in [5, 5.41) is 3.67. The summed E-state index contributed by atoms with van der Waals surface area (Å²) in [7, 11) is 0. The molecule has 0 fully saturated rings. The summed E-state index contributed by atoms with van der Waals surface area (Å²) in [6.45, 7) is 5.26. The Labute approximate surface area is 134 Å². The van der Waals surface area contributed by atoms with Crippen LogP contribution in [-0.2, 0) is 6.42 Å². The molecule has 2 heteroatoms. The molecule has 22 heavy (non-hydrogen) atoms. The van der Waals surface area contributed by atoms with Gasteiger partial charge in [-0.2, -0.15) is 0 Å². The molecule has 1 heterocycles. The second-order valence-electron chi connectivity index (χ2n) is 5.48. The number of aromatic nitrogens is 1. The highest BCUT2D eigenvalue weighted by atomic mass is 14.9. The lowest BCUT2D eigenvalue weighted by atomic mass is 9.98. The second kappa shape index (κ2) is 9.16. The third kappa shape index (κ3) is 4.81. The monoisotopic (exact) mass is 294 g/mol. The van der Waals surface area contributed by atoms with Gasteiger partial charge in [0.05, 0.1) is 6.04 Å². The zero-order chi connectivity index (χ0) is 15.6. The molecule has 0 aliphatic heterocycles. The van der Waals surface area contributed by atoms with Gasteiger partial charge >= 0.3 is 0 Å². The molecule has 2 aromatic rings. The molecule has 2 rings (SSSR count). The lowest BCUT2D eigenvalue weighted by Gasteiger charge is -2.20. The lowest BCUT2D eigenvalue weighted by molar-refractivity contribution is 0.585. The van der Waals surface area contributed by atoms with E-state index in [0.29, 0.717) is 0 Å². The van der Waals surface area contributed by atoms with Crippen molar-refractivity contribution in [1.29, 1.82) is 0 Å². The Hall–Kier alpha value is -1.93. The van der Waals surface area contributed by atoms with Gasteiger partial charge in [0.25, 0.3) is 0 Å². The molecular formula is C20H26N2. The van der Waals surface area contributed by atoms with Crippen LogP contribution in [0.2, 0.25) is 0 Å². The van der Waals surface area contributed by atoms with Crippen molar-refractivity contribution < 1.29 is 0 Å². The zero-order valence-electron chi connectivity index (χ0n) is 13.6. The maximum Gasteiger partial charge on any atom is 0.0591 e. The molecule has 0 spiro atoms. The zero-order valence-corrected chi connectivity index (χ0v) is 13.6. The van der Waals surface area contributed by atoms with Gasteiger partial charge in [-0.25, -0.2) is 0 Å². The molecule has 1 aromatic carbocycles. The first-order valence-corrected chi connectivity index (χ1v) is 8.18. The maximum absolute atomic E-state index is 4.27. The summed E-state index contributed by atoms with van der Waals surface area (Å²) in [4.78, 5) is 4.27. The Morgan fingerprint density at radius 2 is 1.95 bits per heavy atom. The molecule has 0 aliphatic rings. The van der Waals surface area contributed by atoms with Crippen molar-refractivity contribution >= 4 is 0 Å². The van der Waals surface area contributed by atoms with Gasteiger partial charge < -0.3 is 5.32 Å². The van der Waals surface area contributed by atoms with E-state index in [1.807, 2.05) is 18.5 Å². The van der Waals surface area contributed by atoms with Crippen molar-refractivity contribution in [2.24, 2.45) is 0 Å². The quantitative estimate of drug-likeness (QED) is 0.565. The Morgan fingerprint density at radius 1 is 1.14 bits per heavy atom. The summed E-state index contributed by atoms with van der Waals surface area (Å²) < 4.78 is 0. The molecule has 1 atom stereocenters. The third-order valence-electron chi connectivity index (χ3n) is 3.87. The molecule has 0 saturated carbocycles. The van der Waals surface area contributed by atoms with Crippen LogP contribution in [0.3, 0.4) is 0 Å². The topological polar surface area (TPSA) is 24.9 Å². The molecule has 2 nitrogen and oxygen atoms in total. The van der Waals surface area contributed by atoms with Crippen molar-refractivity contribution in [2.75, 3.05) is 6.54 Å². The van der Waals surface area contributed by atoms with Gasteiger partial charge in [0.2, 0.25) is 0 Å². The maximum atomic E-state index is 4.27. The van der Waals surface area contributed by atoms with Crippen molar-refractivity contribution in [2.45, 2.75) is 39.2 Å². The van der Waals surface area contributed by atoms with Crippen LogP contribution in [0.5, 0.6) is 0 Å². The van der Waals surface area contributed by atoms with Gasteiger partial charge in [0.15, 0.2) is 0 Å². The first-order valence-electron chi connectivity index (χ1n) is 8.18. The standard InChI is InChI=1S/C20H26N2/c1-3-5-6-7-15-22-20(19-9-8-14-21-16-19)18-12-10-17(4-2)11-13-18/h3,5,8-14,16,20,22H,4,6-7,15H2,1-2H3/b5-3+. The van der Waals surface area contributed by atoms with Gasteiger partial charge in [0.1, 0.15) is 0 Å². The van der Waals surface area contributed by atoms with E-state index in [1.165, 1.54) is 16.7 Å². The first-order chi connectivity index (χ1) is 10.8. The van der Waals surface area contributed by atoms with E-state index in [1.54, 1.807) is 0 Å². The van der Waals surface area contributed by atoms with Crippen LogP contribution in [0.15, 0.2) is 60.9 Å². The molecule has 1 unspecified atom stereocenters. The Kier molecular flexibility index (Phi) is 6.85. The van der Waals surface area contributed by atoms with Crippen molar-refractivity contribution in [3.05, 3.63) is 77.6 Å². The van der Waals surface area contributed by atoms with Crippen LogP contribution in [0.1, 0.15) is 49.4 Å². The van der Waals surface area contributed by atoms with Crippen LogP contribution in [0.25, 0.3) is 0 Å². The smallest absolute Gasteiger partial charge is 0.0591 e. The minimum absolute atomic E-state index is 0.213. The predicted molar refractivity (Wildman–Crippen MR) is 94.0 cm³/mol. The number of rotatable bonds is 8. The minimum atomic E-state index is 0.213. The van der Waals surface area contributed by atoms with Gasteiger partial charge in [-0.3, -0.25) is 4.98 Å². The number of unbranched alkanes of at least 4 members (excludes halogenated alkanes) is 1. The normalized spacial score (nSPS) is 12.6. The van der Waals surface area contributed by atoms with E-state index < -0.39 is 0 Å². The van der Waals surface area contributed by atoms with Gasteiger partial charge in [-0.1, -0.05) is 49.4 Å². The summed E-state index contributed by atoms with van der Waals surface area (Å²) in [6.07, 6.45) is 11.5. The van der Waals surface area contributed by atoms with E-state index in [9.17, 15) is 0 Å². The van der Waals surface area contributed by atoms with Crippen molar-refractivity contribution in [3.8, 4) is 0 Å². The molecule has 0 bridgehead atoms. The number of hydrogen-bond donors (Lipinski definition) is 1. The number of benzene rings is 1. The first kappa shape index (κ1) is 16.4. The lowest BCUT2D eigenvalue weighted by Crippen LogP contribution is -2.23. The van der Waals surface area contributed by atoms with E-state index in [4.69, 9.17) is 0 Å². The molecule has 0 aliphatic carbocycles. The van der Waals surface area contributed by atoms with E-state index in [0.717, 1.165) is 25.8 Å². The Balaban J connectivity index is 2.10. The summed E-state index contributed by atoms with van der Waals surface area (Å²) in [5.41, 5.74) is 3.90. The molecule has 0 amide bonds. The fourth-order valence-electron chi connectivity index (χ4n) is 2.55. The number of hydrogen-bond acceptors (Lipinski definition) is 2. The van der Waals surface area contributed by atoms with E-state index >= 15 is 0 Å². The van der Waals surface area contributed by atoms with Crippen LogP contribution in [0, 0.1) is 0 Å². The van der Waals surface area contributed by atoms with Crippen molar-refractivity contribution in [3.63, 3.8) is 0 Å². The number of aryl methyl sites for hydroxylation is 1. The number of allylic oxidation sites excluding steroid dienone is 2. The molecule has 1 aromatic heterocycles. The van der Waals surface area contributed by atoms with E-state index in [-0.39, 0.29) is 6.04 Å². The number of nitrogens with one attached hydrogen (secondary N) is 1. The second-order valence-corrected chi connectivity index (χ2v) is 5.48. The number of pyridine rings is 1. The molecule has 0 saturated heterocycles. The highest BCUT2D eigenvalue weighted by molar-refractivity contribution is 5.32. The van der Waals surface area contributed by atoms with Crippen molar-refractivity contribution in [1.82, 2.24) is 10.3 Å². The average Bonchev–Trinajstić information content (AvgIpc) is 2.59. The van der Waals surface area contributed by atoms with Gasteiger partial charge in [-0.15, -0.1) is 0 Å². The SMILES string of the molecule is C/C=C/CCCNC(c1ccc(CC)cc1)c1cccnc1. The van der Waals surface area contributed by atoms with Crippen LogP contribution in [-0.4, -0.2) is 11.5 Å². The molecule has 1 N–H and O–H groups in total. The van der Waals surface area contributed by atoms with Gasteiger partial charge in [-0.05, 0) is 55.5 Å². The third-order valence-corrected chi connectivity index (χ3v) is 3.87. The highest BCUT2D eigenvalue weighted by Crippen LogP contribution is 2.22. The average molecular weight is 294 g/mol. The largest absolute Gasteiger partial charge is 0.306 e. The van der Waals surface area contributed by atoms with Gasteiger partial charge in [0, 0.05) is 12.4 Å². The van der Waals surface area contributed by atoms with E-state index in [2.05, 4.69) is 66.6 Å². The molecule has 0 radical (unpaired) electrons. The highest BCUT2D eigenvalue weighted by Gasteiger charge is 2.13. The van der Waals surface area contributed by atoms with Crippen LogP contribution >= 0.6 is 0 Å². The number of nitrogens with zero attached hydrogens (tertiary/aromatic N) is 1. The predicted octanol–water partition coefficient (Wildman–Crippen LogP) is 4.68. The summed E-state index contributed by atoms with van der Waals surface area (Å²) in [5.74, 6) is 0. The minimum Gasteiger partial charge on any atom is -0.306 e. The summed E-state index contributed by atoms with van der Waals surface area (Å²) >= 11 is 0. The fourth-order valence-corrected chi connectivity index (χ4v) is 2.55. The molecular weight excluding hydrogens is 268 g/mol. The van der Waals surface area contributed by atoms with Crippen LogP contribution < -0.4 is 5.32 Å². The van der Waals surface area contributed by atoms with Crippen LogP contribution in [0.4, 0.5) is 0 Å². The Morgan fingerprint density at radius 3 is 2.59 bits per heavy atom. The fraction of sp³-hybridized carbons (Fsp3) is 0.350. The summed E-state index contributed by atoms with van der Waals surface area (Å²) in [6, 6.07) is 13.3.